The number of aliphatic hydroxyl groups is 2. The lowest BCUT2D eigenvalue weighted by Crippen LogP contribution is -2.30. The fourth-order valence-electron chi connectivity index (χ4n) is 6.49. The number of phosphoric acid groups is 2. The number of esters is 2. The number of ether oxygens (including phenoxy) is 2. The van der Waals surface area contributed by atoms with Crippen LogP contribution >= 0.6 is 15.6 Å². The summed E-state index contributed by atoms with van der Waals surface area (Å²) in [5.74, 6) is -1.52. The molecule has 1 aliphatic carbocycles. The summed E-state index contributed by atoms with van der Waals surface area (Å²) in [6, 6.07) is 0. The van der Waals surface area contributed by atoms with Crippen molar-refractivity contribution < 1.29 is 71.5 Å². The van der Waals surface area contributed by atoms with Gasteiger partial charge in [-0.15, -0.1) is 0 Å². The van der Waals surface area contributed by atoms with Gasteiger partial charge in [-0.2, -0.15) is 0 Å². The SMILES string of the molecule is CCCCC/C=C\C/C=C\CCCCCCCCCC(=O)O[C@H](COC(=O)CCC/C=C\C[C@H]1C=CC(=O)[C@@H]1/C=C/[C@@H](O)CCCCC)COP(=O)(O)OC[C@@H](O)COP(=O)(O)O. The van der Waals surface area contributed by atoms with Gasteiger partial charge in [-0.25, -0.2) is 9.13 Å². The first-order valence-electron chi connectivity index (χ1n) is 23.0. The van der Waals surface area contributed by atoms with E-state index in [2.05, 4.69) is 47.2 Å². The summed E-state index contributed by atoms with van der Waals surface area (Å²) in [4.78, 5) is 65.3. The predicted molar refractivity (Wildman–Crippen MR) is 243 cm³/mol. The lowest BCUT2D eigenvalue weighted by molar-refractivity contribution is -0.161. The Balaban J connectivity index is 2.51. The van der Waals surface area contributed by atoms with Crippen molar-refractivity contribution in [2.45, 2.75) is 173 Å². The minimum Gasteiger partial charge on any atom is -0.462 e. The molecule has 0 bridgehead atoms. The molecule has 0 saturated carbocycles. The second-order valence-corrected chi connectivity index (χ2v) is 18.7. The summed E-state index contributed by atoms with van der Waals surface area (Å²) in [6.45, 7) is 1.40. The zero-order valence-electron chi connectivity index (χ0n) is 37.8. The fraction of sp³-hybridized carbons (Fsp3) is 0.717. The number of unbranched alkanes of at least 4 members (excludes halogenated alkanes) is 13. The van der Waals surface area contributed by atoms with Crippen LogP contribution in [0.15, 0.2) is 60.8 Å². The zero-order valence-corrected chi connectivity index (χ0v) is 39.5. The first-order valence-corrected chi connectivity index (χ1v) is 26.1. The number of phosphoric ester groups is 2. The number of hydrogen-bond acceptors (Lipinski definition) is 12. The van der Waals surface area contributed by atoms with Crippen molar-refractivity contribution in [3.05, 3.63) is 60.8 Å². The normalized spacial score (nSPS) is 18.2. The summed E-state index contributed by atoms with van der Waals surface area (Å²) < 4.78 is 47.8. The van der Waals surface area contributed by atoms with E-state index in [0.717, 1.165) is 77.0 Å². The molecular weight excluding hydrogens is 854 g/mol. The minimum atomic E-state index is -4.89. The van der Waals surface area contributed by atoms with Crippen molar-refractivity contribution in [2.24, 2.45) is 11.8 Å². The van der Waals surface area contributed by atoms with E-state index in [9.17, 15) is 38.6 Å². The van der Waals surface area contributed by atoms with Crippen LogP contribution in [0.3, 0.4) is 0 Å². The van der Waals surface area contributed by atoms with Crippen LogP contribution in [0, 0.1) is 11.8 Å². The molecule has 0 fully saturated rings. The molecule has 5 N–H and O–H groups in total. The second-order valence-electron chi connectivity index (χ2n) is 16.0. The number of allylic oxidation sites excluding steroid dienone is 9. The summed E-state index contributed by atoms with van der Waals surface area (Å²) in [6.07, 6.45) is 35.5. The van der Waals surface area contributed by atoms with Crippen molar-refractivity contribution in [3.63, 3.8) is 0 Å². The molecule has 0 heterocycles. The lowest BCUT2D eigenvalue weighted by atomic mass is 9.90. The van der Waals surface area contributed by atoms with Crippen molar-refractivity contribution in [1.82, 2.24) is 0 Å². The van der Waals surface area contributed by atoms with Crippen LogP contribution in [-0.2, 0) is 46.6 Å². The molecule has 0 amide bonds. The van der Waals surface area contributed by atoms with Gasteiger partial charge in [0, 0.05) is 18.8 Å². The summed E-state index contributed by atoms with van der Waals surface area (Å²) >= 11 is 0. The van der Waals surface area contributed by atoms with Gasteiger partial charge in [0.15, 0.2) is 11.9 Å². The lowest BCUT2D eigenvalue weighted by Gasteiger charge is -2.20. The Bertz CT molecular complexity index is 1490. The second kappa shape index (κ2) is 36.6. The predicted octanol–water partition coefficient (Wildman–Crippen LogP) is 9.62. The third kappa shape index (κ3) is 34.5. The summed E-state index contributed by atoms with van der Waals surface area (Å²) in [7, 11) is -9.75. The minimum absolute atomic E-state index is 0.00855. The summed E-state index contributed by atoms with van der Waals surface area (Å²) in [5, 5.41) is 20.0. The Hall–Kier alpha value is -2.55. The van der Waals surface area contributed by atoms with E-state index in [0.29, 0.717) is 32.1 Å². The number of carbonyl (C=O) groups is 3. The maximum atomic E-state index is 12.7. The molecule has 15 nitrogen and oxygen atoms in total. The molecule has 0 aromatic heterocycles. The van der Waals surface area contributed by atoms with E-state index >= 15 is 0 Å². The van der Waals surface area contributed by atoms with Crippen LogP contribution in [0.25, 0.3) is 0 Å². The highest BCUT2D eigenvalue weighted by atomic mass is 31.2. The maximum absolute atomic E-state index is 12.7. The van der Waals surface area contributed by atoms with Crippen molar-refractivity contribution in [2.75, 3.05) is 26.4 Å². The number of carbonyl (C=O) groups excluding carboxylic acids is 3. The smallest absolute Gasteiger partial charge is 0.462 e. The number of hydrogen-bond donors (Lipinski definition) is 5. The van der Waals surface area contributed by atoms with Crippen LogP contribution in [-0.4, -0.2) is 87.4 Å². The van der Waals surface area contributed by atoms with Crippen molar-refractivity contribution in [3.8, 4) is 0 Å². The molecule has 63 heavy (non-hydrogen) atoms. The van der Waals surface area contributed by atoms with Crippen LogP contribution < -0.4 is 0 Å². The van der Waals surface area contributed by atoms with Gasteiger partial charge < -0.3 is 34.4 Å². The molecular formula is C46H78O15P2. The van der Waals surface area contributed by atoms with Crippen LogP contribution in [0.4, 0.5) is 0 Å². The van der Waals surface area contributed by atoms with Gasteiger partial charge in [0.05, 0.1) is 25.9 Å². The van der Waals surface area contributed by atoms with Crippen LogP contribution in [0.1, 0.15) is 155 Å². The molecule has 6 atom stereocenters. The Morgan fingerprint density at radius 1 is 0.683 bits per heavy atom. The van der Waals surface area contributed by atoms with Crippen molar-refractivity contribution in [1.29, 1.82) is 0 Å². The average molecular weight is 933 g/mol. The molecule has 0 aromatic rings. The molecule has 17 heteroatoms. The van der Waals surface area contributed by atoms with Gasteiger partial charge in [-0.3, -0.25) is 28.0 Å². The molecule has 0 saturated heterocycles. The van der Waals surface area contributed by atoms with Gasteiger partial charge in [-0.05, 0) is 76.2 Å². The van der Waals surface area contributed by atoms with Gasteiger partial charge in [0.1, 0.15) is 12.7 Å². The van der Waals surface area contributed by atoms with Crippen molar-refractivity contribution >= 4 is 33.4 Å². The van der Waals surface area contributed by atoms with Crippen LogP contribution in [0.2, 0.25) is 0 Å². The highest BCUT2D eigenvalue weighted by Crippen LogP contribution is 2.44. The van der Waals surface area contributed by atoms with Gasteiger partial charge >= 0.3 is 27.6 Å². The number of aliphatic hydroxyl groups excluding tert-OH is 2. The van der Waals surface area contributed by atoms with Crippen LogP contribution in [0.5, 0.6) is 0 Å². The number of ketones is 1. The topological polar surface area (TPSA) is 233 Å². The van der Waals surface area contributed by atoms with E-state index < -0.39 is 72.3 Å². The van der Waals surface area contributed by atoms with Gasteiger partial charge in [0.2, 0.25) is 0 Å². The molecule has 1 aliphatic rings. The van der Waals surface area contributed by atoms with Gasteiger partial charge in [-0.1, -0.05) is 133 Å². The molecule has 0 aliphatic heterocycles. The Kier molecular flexibility index (Phi) is 34.0. The molecule has 0 spiro atoms. The Labute approximate surface area is 376 Å². The third-order valence-corrected chi connectivity index (χ3v) is 11.6. The molecule has 362 valence electrons. The third-order valence-electron chi connectivity index (χ3n) is 10.1. The maximum Gasteiger partial charge on any atom is 0.472 e. The monoisotopic (exact) mass is 932 g/mol. The largest absolute Gasteiger partial charge is 0.472 e. The molecule has 1 unspecified atom stereocenters. The first kappa shape index (κ1) is 58.5. The Morgan fingerprint density at radius 2 is 1.25 bits per heavy atom. The fourth-order valence-corrected chi connectivity index (χ4v) is 7.64. The van der Waals surface area contributed by atoms with E-state index in [1.54, 1.807) is 18.2 Å². The van der Waals surface area contributed by atoms with E-state index in [1.165, 1.54) is 19.3 Å². The molecule has 0 radical (unpaired) electrons. The molecule has 1 rings (SSSR count). The average Bonchev–Trinajstić information content (AvgIpc) is 3.59. The molecule has 0 aromatic carbocycles. The van der Waals surface area contributed by atoms with E-state index in [-0.39, 0.29) is 30.5 Å². The standard InChI is InChI=1S/C46H78O15P2/c1-3-5-7-8-9-10-11-12-13-14-15-16-17-18-19-20-26-30-46(51)61-42(38-60-63(55,56)59-36-41(48)35-58-62(52,53)54)37-57-45(50)29-25-22-21-24-27-39-31-34-44(49)43(39)33-32-40(47)28-23-6-4-2/h9-10,12-13,21,24,31-34,39-43,47-48H,3-8,11,14-20,22-23,25-30,35-38H2,1-2H3,(H,55,56)(H2,52,53,54)/b10-9-,13-12-,24-21-,33-32+/t39-,40-,41-,42+,43+/m0/s1. The van der Waals surface area contributed by atoms with E-state index in [4.69, 9.17) is 23.8 Å². The highest BCUT2D eigenvalue weighted by Gasteiger charge is 2.29. The quantitative estimate of drug-likeness (QED) is 0.0167. The number of rotatable bonds is 40. The van der Waals surface area contributed by atoms with E-state index in [1.807, 2.05) is 18.2 Å². The highest BCUT2D eigenvalue weighted by molar-refractivity contribution is 7.47. The Morgan fingerprint density at radius 3 is 1.94 bits per heavy atom. The first-order chi connectivity index (χ1) is 30.2. The van der Waals surface area contributed by atoms with Gasteiger partial charge in [0.25, 0.3) is 0 Å². The summed E-state index contributed by atoms with van der Waals surface area (Å²) in [5.41, 5.74) is 0. The zero-order chi connectivity index (χ0) is 46.6.